The summed E-state index contributed by atoms with van der Waals surface area (Å²) in [6, 6.07) is 4.72. The third kappa shape index (κ3) is 4.35. The molecule has 6 nitrogen and oxygen atoms in total. The lowest BCUT2D eigenvalue weighted by molar-refractivity contribution is 0.0956. The van der Waals surface area contributed by atoms with E-state index in [-0.39, 0.29) is 21.0 Å². The van der Waals surface area contributed by atoms with Crippen LogP contribution >= 0.6 is 12.2 Å². The molecule has 0 bridgehead atoms. The SMILES string of the molecule is CC(C)(C)[S@](=O)CCNC(=O)c1ccc2c(=O)[nH]c(=S)[nH]c2c1. The highest BCUT2D eigenvalue weighted by atomic mass is 32.2. The predicted molar refractivity (Wildman–Crippen MR) is 94.8 cm³/mol. The Balaban J connectivity index is 2.11. The molecular weight excluding hydrogens is 334 g/mol. The van der Waals surface area contributed by atoms with Gasteiger partial charge in [0.2, 0.25) is 0 Å². The summed E-state index contributed by atoms with van der Waals surface area (Å²) in [5, 5.41) is 3.17. The normalized spacial score (nSPS) is 13.0. The van der Waals surface area contributed by atoms with Crippen LogP contribution in [0.5, 0.6) is 0 Å². The number of benzene rings is 1. The van der Waals surface area contributed by atoms with E-state index in [0.29, 0.717) is 28.8 Å². The first kappa shape index (κ1) is 17.6. The van der Waals surface area contributed by atoms with Crippen molar-refractivity contribution in [3.63, 3.8) is 0 Å². The van der Waals surface area contributed by atoms with Crippen molar-refractivity contribution in [2.24, 2.45) is 0 Å². The zero-order chi connectivity index (χ0) is 17.2. The number of amides is 1. The highest BCUT2D eigenvalue weighted by Gasteiger charge is 2.19. The number of aromatic nitrogens is 2. The summed E-state index contributed by atoms with van der Waals surface area (Å²) >= 11 is 4.92. The van der Waals surface area contributed by atoms with Crippen molar-refractivity contribution < 1.29 is 9.00 Å². The van der Waals surface area contributed by atoms with Gasteiger partial charge in [-0.25, -0.2) is 0 Å². The van der Waals surface area contributed by atoms with Gasteiger partial charge in [0.15, 0.2) is 4.77 Å². The molecule has 1 aromatic carbocycles. The van der Waals surface area contributed by atoms with Gasteiger partial charge in [0.25, 0.3) is 11.5 Å². The first-order valence-electron chi connectivity index (χ1n) is 7.11. The molecule has 1 aromatic heterocycles. The van der Waals surface area contributed by atoms with Gasteiger partial charge in [-0.3, -0.25) is 18.8 Å². The van der Waals surface area contributed by atoms with Gasteiger partial charge in [0, 0.05) is 33.4 Å². The number of hydrogen-bond acceptors (Lipinski definition) is 4. The lowest BCUT2D eigenvalue weighted by Crippen LogP contribution is -2.32. The van der Waals surface area contributed by atoms with Crippen LogP contribution in [-0.2, 0) is 10.8 Å². The minimum absolute atomic E-state index is 0.209. The number of carbonyl (C=O) groups is 1. The first-order valence-corrected chi connectivity index (χ1v) is 8.84. The van der Waals surface area contributed by atoms with Crippen LogP contribution in [0, 0.1) is 4.77 Å². The third-order valence-electron chi connectivity index (χ3n) is 3.26. The van der Waals surface area contributed by atoms with E-state index in [1.54, 1.807) is 18.2 Å². The summed E-state index contributed by atoms with van der Waals surface area (Å²) < 4.78 is 11.8. The predicted octanol–water partition coefficient (Wildman–Crippen LogP) is 1.86. The van der Waals surface area contributed by atoms with Crippen molar-refractivity contribution in [2.45, 2.75) is 25.5 Å². The zero-order valence-electron chi connectivity index (χ0n) is 13.2. The van der Waals surface area contributed by atoms with E-state index in [4.69, 9.17) is 12.2 Å². The van der Waals surface area contributed by atoms with E-state index in [2.05, 4.69) is 15.3 Å². The lowest BCUT2D eigenvalue weighted by atomic mass is 10.1. The average molecular weight is 353 g/mol. The smallest absolute Gasteiger partial charge is 0.259 e. The molecule has 0 saturated carbocycles. The fourth-order valence-electron chi connectivity index (χ4n) is 1.98. The van der Waals surface area contributed by atoms with Crippen molar-refractivity contribution in [3.8, 4) is 0 Å². The van der Waals surface area contributed by atoms with E-state index >= 15 is 0 Å². The first-order chi connectivity index (χ1) is 10.7. The molecule has 0 spiro atoms. The molecule has 1 atom stereocenters. The molecule has 124 valence electrons. The van der Waals surface area contributed by atoms with Gasteiger partial charge in [-0.05, 0) is 51.2 Å². The molecule has 0 unspecified atom stereocenters. The van der Waals surface area contributed by atoms with E-state index in [1.807, 2.05) is 20.8 Å². The fraction of sp³-hybridized carbons (Fsp3) is 0.400. The highest BCUT2D eigenvalue weighted by molar-refractivity contribution is 7.86. The van der Waals surface area contributed by atoms with E-state index in [1.165, 1.54) is 0 Å². The van der Waals surface area contributed by atoms with Crippen molar-refractivity contribution in [3.05, 3.63) is 38.9 Å². The molecule has 23 heavy (non-hydrogen) atoms. The summed E-state index contributed by atoms with van der Waals surface area (Å²) in [7, 11) is -1.02. The van der Waals surface area contributed by atoms with Gasteiger partial charge >= 0.3 is 0 Å². The van der Waals surface area contributed by atoms with Gasteiger partial charge in [-0.15, -0.1) is 0 Å². The molecule has 2 aromatic rings. The van der Waals surface area contributed by atoms with Crippen LogP contribution in [-0.4, -0.2) is 37.1 Å². The molecular formula is C15H19N3O3S2. The lowest BCUT2D eigenvalue weighted by Gasteiger charge is -2.17. The van der Waals surface area contributed by atoms with E-state index in [0.717, 1.165) is 0 Å². The Kier molecular flexibility index (Phi) is 5.16. The van der Waals surface area contributed by atoms with Crippen LogP contribution in [0.2, 0.25) is 0 Å². The van der Waals surface area contributed by atoms with Crippen LogP contribution in [0.1, 0.15) is 31.1 Å². The highest BCUT2D eigenvalue weighted by Crippen LogP contribution is 2.11. The second-order valence-electron chi connectivity index (χ2n) is 6.09. The number of fused-ring (bicyclic) bond motifs is 1. The standard InChI is InChI=1S/C15H19N3O3S2/c1-15(2,3)23(21)7-6-16-12(19)9-4-5-10-11(8-9)17-14(22)18-13(10)20/h4-5,8H,6-7H2,1-3H3,(H,16,19)(H2,17,18,20,22)/t23-/m1/s1. The van der Waals surface area contributed by atoms with Crippen LogP contribution in [0.4, 0.5) is 0 Å². The van der Waals surface area contributed by atoms with Gasteiger partial charge in [-0.2, -0.15) is 0 Å². The van der Waals surface area contributed by atoms with Crippen LogP contribution < -0.4 is 10.9 Å². The summed E-state index contributed by atoms with van der Waals surface area (Å²) in [6.45, 7) is 6.02. The van der Waals surface area contributed by atoms with Crippen molar-refractivity contribution in [1.29, 1.82) is 0 Å². The number of H-pyrrole nitrogens is 2. The topological polar surface area (TPSA) is 94.8 Å². The Hall–Kier alpha value is -1.80. The maximum atomic E-state index is 12.2. The Bertz CT molecular complexity index is 878. The molecule has 0 aliphatic rings. The second kappa shape index (κ2) is 6.76. The molecule has 0 aliphatic heterocycles. The molecule has 0 radical (unpaired) electrons. The number of rotatable bonds is 4. The minimum atomic E-state index is -1.02. The monoisotopic (exact) mass is 353 g/mol. The molecule has 1 heterocycles. The van der Waals surface area contributed by atoms with Crippen LogP contribution in [0.25, 0.3) is 10.9 Å². The summed E-state index contributed by atoms with van der Waals surface area (Å²) in [4.78, 5) is 29.2. The minimum Gasteiger partial charge on any atom is -0.351 e. The number of hydrogen-bond donors (Lipinski definition) is 3. The Labute approximate surface area is 141 Å². The van der Waals surface area contributed by atoms with E-state index < -0.39 is 10.8 Å². The van der Waals surface area contributed by atoms with E-state index in [9.17, 15) is 13.8 Å². The number of nitrogens with one attached hydrogen (secondary N) is 3. The third-order valence-corrected chi connectivity index (χ3v) is 5.40. The molecule has 0 fully saturated rings. The molecule has 2 rings (SSSR count). The largest absolute Gasteiger partial charge is 0.351 e. The number of carbonyl (C=O) groups excluding carboxylic acids is 1. The molecule has 3 N–H and O–H groups in total. The van der Waals surface area contributed by atoms with Crippen molar-refractivity contribution >= 4 is 39.8 Å². The average Bonchev–Trinajstić information content (AvgIpc) is 2.45. The van der Waals surface area contributed by atoms with Gasteiger partial charge < -0.3 is 10.3 Å². The maximum Gasteiger partial charge on any atom is 0.259 e. The molecule has 1 amide bonds. The molecule has 8 heteroatoms. The van der Waals surface area contributed by atoms with Crippen molar-refractivity contribution in [2.75, 3.05) is 12.3 Å². The molecule has 0 saturated heterocycles. The van der Waals surface area contributed by atoms with Crippen molar-refractivity contribution in [1.82, 2.24) is 15.3 Å². The second-order valence-corrected chi connectivity index (χ2v) is 8.82. The fourth-order valence-corrected chi connectivity index (χ4v) is 3.08. The molecule has 0 aliphatic carbocycles. The Morgan fingerprint density at radius 1 is 1.30 bits per heavy atom. The maximum absolute atomic E-state index is 12.2. The van der Waals surface area contributed by atoms with Crippen LogP contribution in [0.3, 0.4) is 0 Å². The summed E-state index contributed by atoms with van der Waals surface area (Å²) in [5.41, 5.74) is 0.622. The zero-order valence-corrected chi connectivity index (χ0v) is 14.8. The number of aromatic amines is 2. The Morgan fingerprint density at radius 2 is 2.00 bits per heavy atom. The van der Waals surface area contributed by atoms with Gasteiger partial charge in [-0.1, -0.05) is 0 Å². The quantitative estimate of drug-likeness (QED) is 0.731. The van der Waals surface area contributed by atoms with Gasteiger partial charge in [0.1, 0.15) is 0 Å². The Morgan fingerprint density at radius 3 is 2.65 bits per heavy atom. The van der Waals surface area contributed by atoms with Gasteiger partial charge in [0.05, 0.1) is 10.9 Å². The summed E-state index contributed by atoms with van der Waals surface area (Å²) in [6.07, 6.45) is 0. The summed E-state index contributed by atoms with van der Waals surface area (Å²) in [5.74, 6) is 0.114. The van der Waals surface area contributed by atoms with Crippen LogP contribution in [0.15, 0.2) is 23.0 Å².